The Morgan fingerprint density at radius 3 is 2.62 bits per heavy atom. The molecular formula is C17H26N2O2. The first-order chi connectivity index (χ1) is 10.1. The van der Waals surface area contributed by atoms with E-state index in [9.17, 15) is 4.79 Å². The standard InChI is InChI=1S/C17H26N2O2/c1-3-15-12-19(16(4-2)10-18-15)11-14-8-6-5-7-13(14)9-17(20)21/h5-8,15-16,18H,3-4,9-12H2,1-2H3,(H,20,21). The predicted octanol–water partition coefficient (Wildman–Crippen LogP) is 2.28. The number of rotatable bonds is 6. The molecule has 0 spiro atoms. The fourth-order valence-electron chi connectivity index (χ4n) is 3.06. The van der Waals surface area contributed by atoms with Crippen LogP contribution in [0.15, 0.2) is 24.3 Å². The lowest BCUT2D eigenvalue weighted by atomic mass is 10.0. The van der Waals surface area contributed by atoms with Gasteiger partial charge in [0.1, 0.15) is 0 Å². The second-order valence-electron chi connectivity index (χ2n) is 5.84. The number of carboxylic acid groups (broad SMARTS) is 1. The van der Waals surface area contributed by atoms with Crippen LogP contribution in [0.4, 0.5) is 0 Å². The summed E-state index contributed by atoms with van der Waals surface area (Å²) in [6, 6.07) is 9.00. The van der Waals surface area contributed by atoms with E-state index in [1.54, 1.807) is 0 Å². The zero-order chi connectivity index (χ0) is 15.2. The van der Waals surface area contributed by atoms with Gasteiger partial charge in [-0.25, -0.2) is 0 Å². The Morgan fingerprint density at radius 1 is 1.29 bits per heavy atom. The molecule has 1 aromatic carbocycles. The van der Waals surface area contributed by atoms with Gasteiger partial charge in [-0.2, -0.15) is 0 Å². The Labute approximate surface area is 127 Å². The minimum Gasteiger partial charge on any atom is -0.481 e. The Morgan fingerprint density at radius 2 is 2.00 bits per heavy atom. The third kappa shape index (κ3) is 4.29. The molecule has 21 heavy (non-hydrogen) atoms. The molecule has 1 heterocycles. The summed E-state index contributed by atoms with van der Waals surface area (Å²) >= 11 is 0. The number of aliphatic carboxylic acids is 1. The highest BCUT2D eigenvalue weighted by atomic mass is 16.4. The predicted molar refractivity (Wildman–Crippen MR) is 84.4 cm³/mol. The SMILES string of the molecule is CCC1CN(Cc2ccccc2CC(=O)O)C(CC)CN1. The van der Waals surface area contributed by atoms with Crippen molar-refractivity contribution in [3.8, 4) is 0 Å². The Kier molecular flexibility index (Phi) is 5.76. The van der Waals surface area contributed by atoms with Crippen molar-refractivity contribution in [2.24, 2.45) is 0 Å². The highest BCUT2D eigenvalue weighted by Crippen LogP contribution is 2.19. The molecule has 0 aromatic heterocycles. The molecule has 0 radical (unpaired) electrons. The summed E-state index contributed by atoms with van der Waals surface area (Å²) in [4.78, 5) is 13.5. The van der Waals surface area contributed by atoms with E-state index in [-0.39, 0.29) is 6.42 Å². The molecule has 1 aliphatic rings. The lowest BCUT2D eigenvalue weighted by Gasteiger charge is -2.40. The van der Waals surface area contributed by atoms with Crippen LogP contribution in [0.5, 0.6) is 0 Å². The van der Waals surface area contributed by atoms with Crippen LogP contribution < -0.4 is 5.32 Å². The third-order valence-corrected chi connectivity index (χ3v) is 4.41. The number of nitrogens with one attached hydrogen (secondary N) is 1. The molecule has 1 fully saturated rings. The van der Waals surface area contributed by atoms with E-state index in [1.165, 1.54) is 0 Å². The number of carboxylic acids is 1. The van der Waals surface area contributed by atoms with E-state index in [0.717, 1.165) is 43.6 Å². The van der Waals surface area contributed by atoms with Crippen LogP contribution in [-0.4, -0.2) is 41.1 Å². The summed E-state index contributed by atoms with van der Waals surface area (Å²) in [6.45, 7) is 7.34. The molecule has 1 aromatic rings. The smallest absolute Gasteiger partial charge is 0.307 e. The van der Waals surface area contributed by atoms with Crippen molar-refractivity contribution in [1.29, 1.82) is 0 Å². The summed E-state index contributed by atoms with van der Waals surface area (Å²) < 4.78 is 0. The molecule has 0 bridgehead atoms. The van der Waals surface area contributed by atoms with Crippen molar-refractivity contribution in [3.05, 3.63) is 35.4 Å². The van der Waals surface area contributed by atoms with Crippen LogP contribution in [0.1, 0.15) is 37.8 Å². The number of carbonyl (C=O) groups is 1. The van der Waals surface area contributed by atoms with Gasteiger partial charge in [-0.3, -0.25) is 9.69 Å². The van der Waals surface area contributed by atoms with Crippen LogP contribution in [0.25, 0.3) is 0 Å². The van der Waals surface area contributed by atoms with Gasteiger partial charge in [-0.1, -0.05) is 38.1 Å². The van der Waals surface area contributed by atoms with Gasteiger partial charge in [0.05, 0.1) is 6.42 Å². The summed E-state index contributed by atoms with van der Waals surface area (Å²) in [5.74, 6) is -0.763. The Bertz CT molecular complexity index is 476. The van der Waals surface area contributed by atoms with Crippen molar-refractivity contribution in [2.75, 3.05) is 13.1 Å². The van der Waals surface area contributed by atoms with E-state index < -0.39 is 5.97 Å². The molecule has 4 nitrogen and oxygen atoms in total. The van der Waals surface area contributed by atoms with Gasteiger partial charge < -0.3 is 10.4 Å². The molecule has 2 N–H and O–H groups in total. The molecule has 0 amide bonds. The first-order valence-electron chi connectivity index (χ1n) is 7.90. The van der Waals surface area contributed by atoms with E-state index in [4.69, 9.17) is 5.11 Å². The topological polar surface area (TPSA) is 52.6 Å². The monoisotopic (exact) mass is 290 g/mol. The molecule has 4 heteroatoms. The normalized spacial score (nSPS) is 23.1. The molecule has 0 aliphatic carbocycles. The Balaban J connectivity index is 2.13. The second kappa shape index (κ2) is 7.57. The van der Waals surface area contributed by atoms with E-state index >= 15 is 0 Å². The van der Waals surface area contributed by atoms with Crippen LogP contribution >= 0.6 is 0 Å². The highest BCUT2D eigenvalue weighted by Gasteiger charge is 2.26. The Hall–Kier alpha value is -1.39. The fraction of sp³-hybridized carbons (Fsp3) is 0.588. The first kappa shape index (κ1) is 16.0. The molecule has 2 unspecified atom stereocenters. The summed E-state index contributed by atoms with van der Waals surface area (Å²) in [5, 5.41) is 12.6. The third-order valence-electron chi connectivity index (χ3n) is 4.41. The lowest BCUT2D eigenvalue weighted by molar-refractivity contribution is -0.136. The summed E-state index contributed by atoms with van der Waals surface area (Å²) in [6.07, 6.45) is 2.35. The minimum absolute atomic E-state index is 0.107. The zero-order valence-electron chi connectivity index (χ0n) is 13.0. The molecule has 0 saturated carbocycles. The minimum atomic E-state index is -0.763. The van der Waals surface area contributed by atoms with Gasteiger partial charge in [0, 0.05) is 31.7 Å². The van der Waals surface area contributed by atoms with Gasteiger partial charge in [-0.15, -0.1) is 0 Å². The van der Waals surface area contributed by atoms with Crippen LogP contribution in [0.3, 0.4) is 0 Å². The van der Waals surface area contributed by atoms with E-state index in [0.29, 0.717) is 12.1 Å². The highest BCUT2D eigenvalue weighted by molar-refractivity contribution is 5.70. The maximum absolute atomic E-state index is 11.0. The van der Waals surface area contributed by atoms with Gasteiger partial charge in [0.25, 0.3) is 0 Å². The fourth-order valence-corrected chi connectivity index (χ4v) is 3.06. The second-order valence-corrected chi connectivity index (χ2v) is 5.84. The summed E-state index contributed by atoms with van der Waals surface area (Å²) in [5.41, 5.74) is 2.08. The molecule has 1 saturated heterocycles. The maximum Gasteiger partial charge on any atom is 0.307 e. The molecular weight excluding hydrogens is 264 g/mol. The largest absolute Gasteiger partial charge is 0.481 e. The quantitative estimate of drug-likeness (QED) is 0.844. The van der Waals surface area contributed by atoms with Crippen molar-refractivity contribution in [2.45, 2.75) is 51.7 Å². The van der Waals surface area contributed by atoms with Crippen LogP contribution in [0.2, 0.25) is 0 Å². The maximum atomic E-state index is 11.0. The molecule has 1 aliphatic heterocycles. The molecule has 2 atom stereocenters. The first-order valence-corrected chi connectivity index (χ1v) is 7.90. The number of piperazine rings is 1. The number of hydrogen-bond acceptors (Lipinski definition) is 3. The molecule has 116 valence electrons. The zero-order valence-corrected chi connectivity index (χ0v) is 13.0. The van der Waals surface area contributed by atoms with Crippen LogP contribution in [-0.2, 0) is 17.8 Å². The van der Waals surface area contributed by atoms with Gasteiger partial charge in [0.15, 0.2) is 0 Å². The number of benzene rings is 1. The van der Waals surface area contributed by atoms with Crippen molar-refractivity contribution >= 4 is 5.97 Å². The summed E-state index contributed by atoms with van der Waals surface area (Å²) in [7, 11) is 0. The van der Waals surface area contributed by atoms with Crippen molar-refractivity contribution in [3.63, 3.8) is 0 Å². The van der Waals surface area contributed by atoms with Crippen molar-refractivity contribution in [1.82, 2.24) is 10.2 Å². The average Bonchev–Trinajstić information content (AvgIpc) is 2.48. The average molecular weight is 290 g/mol. The van der Waals surface area contributed by atoms with Crippen molar-refractivity contribution < 1.29 is 9.90 Å². The van der Waals surface area contributed by atoms with E-state index in [2.05, 4.69) is 30.1 Å². The van der Waals surface area contributed by atoms with Gasteiger partial charge in [0.2, 0.25) is 0 Å². The van der Waals surface area contributed by atoms with E-state index in [1.807, 2.05) is 18.2 Å². The van der Waals surface area contributed by atoms with Gasteiger partial charge in [-0.05, 0) is 24.0 Å². The number of hydrogen-bond donors (Lipinski definition) is 2. The number of nitrogens with zero attached hydrogens (tertiary/aromatic N) is 1. The lowest BCUT2D eigenvalue weighted by Crippen LogP contribution is -2.55. The molecule has 2 rings (SSSR count). The van der Waals surface area contributed by atoms with Gasteiger partial charge >= 0.3 is 5.97 Å². The van der Waals surface area contributed by atoms with Crippen LogP contribution in [0, 0.1) is 0 Å².